The van der Waals surface area contributed by atoms with Gasteiger partial charge in [-0.05, 0) is 60.9 Å². The topological polar surface area (TPSA) is 76.4 Å². The van der Waals surface area contributed by atoms with Gasteiger partial charge in [0.15, 0.2) is 0 Å². The van der Waals surface area contributed by atoms with Gasteiger partial charge in [0.25, 0.3) is 0 Å². The molecule has 0 saturated heterocycles. The smallest absolute Gasteiger partial charge is 0.216 e. The fourth-order valence-electron chi connectivity index (χ4n) is 3.23. The molecule has 0 aliphatic heterocycles. The van der Waals surface area contributed by atoms with Gasteiger partial charge in [-0.25, -0.2) is 8.42 Å². The van der Waals surface area contributed by atoms with Crippen molar-refractivity contribution in [1.82, 2.24) is 0 Å². The predicted molar refractivity (Wildman–Crippen MR) is 120 cm³/mol. The van der Waals surface area contributed by atoms with Crippen LogP contribution in [-0.2, 0) is 16.4 Å². The maximum Gasteiger partial charge on any atom is 0.216 e. The first-order valence-corrected chi connectivity index (χ1v) is 11.1. The second kappa shape index (κ2) is 9.50. The van der Waals surface area contributed by atoms with Crippen LogP contribution in [0.4, 0.5) is 0 Å². The van der Waals surface area contributed by atoms with Crippen LogP contribution in [0.3, 0.4) is 0 Å². The summed E-state index contributed by atoms with van der Waals surface area (Å²) >= 11 is 0. The van der Waals surface area contributed by atoms with Crippen molar-refractivity contribution < 1.29 is 17.9 Å². The van der Waals surface area contributed by atoms with Gasteiger partial charge in [0.1, 0.15) is 29.1 Å². The largest absolute Gasteiger partial charge is 0.496 e. The Morgan fingerprint density at radius 3 is 2.29 bits per heavy atom. The van der Waals surface area contributed by atoms with Crippen molar-refractivity contribution >= 4 is 15.9 Å². The van der Waals surface area contributed by atoms with E-state index in [1.165, 1.54) is 18.2 Å². The number of hydrogen-bond donors (Lipinski definition) is 0. The van der Waals surface area contributed by atoms with E-state index in [0.29, 0.717) is 11.3 Å². The molecule has 0 spiro atoms. The summed E-state index contributed by atoms with van der Waals surface area (Å²) in [5.41, 5.74) is 3.36. The van der Waals surface area contributed by atoms with E-state index in [0.717, 1.165) is 22.4 Å². The molecule has 5 nitrogen and oxygen atoms in total. The van der Waals surface area contributed by atoms with Crippen LogP contribution in [0.1, 0.15) is 22.3 Å². The zero-order chi connectivity index (χ0) is 22.4. The van der Waals surface area contributed by atoms with Gasteiger partial charge >= 0.3 is 0 Å². The van der Waals surface area contributed by atoms with Gasteiger partial charge in [-0.3, -0.25) is 0 Å². The van der Waals surface area contributed by atoms with Crippen LogP contribution < -0.4 is 9.47 Å². The van der Waals surface area contributed by atoms with Gasteiger partial charge < -0.3 is 9.47 Å². The zero-order valence-corrected chi connectivity index (χ0v) is 18.4. The average Bonchev–Trinajstić information content (AvgIpc) is 2.77. The van der Waals surface area contributed by atoms with E-state index in [2.05, 4.69) is 0 Å². The Morgan fingerprint density at radius 2 is 1.68 bits per heavy atom. The quantitative estimate of drug-likeness (QED) is 0.477. The predicted octanol–water partition coefficient (Wildman–Crippen LogP) is 5.23. The number of hydrogen-bond acceptors (Lipinski definition) is 5. The summed E-state index contributed by atoms with van der Waals surface area (Å²) in [5, 5.41) is 9.52. The number of allylic oxidation sites excluding steroid dienone is 1. The molecule has 0 bridgehead atoms. The molecule has 0 N–H and O–H groups in total. The van der Waals surface area contributed by atoms with Crippen molar-refractivity contribution in [3.63, 3.8) is 0 Å². The summed E-state index contributed by atoms with van der Waals surface area (Å²) < 4.78 is 37.1. The molecule has 31 heavy (non-hydrogen) atoms. The fraction of sp³-hybridized carbons (Fsp3) is 0.160. The molecule has 0 fully saturated rings. The van der Waals surface area contributed by atoms with E-state index in [9.17, 15) is 13.7 Å². The van der Waals surface area contributed by atoms with E-state index in [-0.39, 0.29) is 16.4 Å². The van der Waals surface area contributed by atoms with Gasteiger partial charge in [-0.15, -0.1) is 0 Å². The molecule has 6 heteroatoms. The first-order chi connectivity index (χ1) is 14.9. The minimum atomic E-state index is -3.91. The summed E-state index contributed by atoms with van der Waals surface area (Å²) in [4.78, 5) is -0.250. The van der Waals surface area contributed by atoms with Crippen LogP contribution in [-0.4, -0.2) is 15.5 Å². The molecule has 0 atom stereocenters. The second-order valence-corrected chi connectivity index (χ2v) is 8.94. The molecule has 3 rings (SSSR count). The summed E-state index contributed by atoms with van der Waals surface area (Å²) in [6.45, 7) is 4.20. The van der Waals surface area contributed by atoms with Gasteiger partial charge in [-0.1, -0.05) is 42.5 Å². The third kappa shape index (κ3) is 4.96. The minimum absolute atomic E-state index is 0.0786. The Hall–Kier alpha value is -3.56. The lowest BCUT2D eigenvalue weighted by Crippen LogP contribution is -2.04. The lowest BCUT2D eigenvalue weighted by molar-refractivity contribution is 0.293. The molecule has 3 aromatic rings. The highest BCUT2D eigenvalue weighted by molar-refractivity contribution is 7.95. The number of nitriles is 1. The van der Waals surface area contributed by atoms with E-state index >= 15 is 0 Å². The Morgan fingerprint density at radius 1 is 1.00 bits per heavy atom. The molecular weight excluding hydrogens is 410 g/mol. The molecule has 0 aliphatic rings. The molecule has 0 heterocycles. The highest BCUT2D eigenvalue weighted by Crippen LogP contribution is 2.28. The number of aryl methyl sites for hydroxylation is 2. The summed E-state index contributed by atoms with van der Waals surface area (Å²) in [7, 11) is -2.34. The van der Waals surface area contributed by atoms with E-state index < -0.39 is 9.84 Å². The SMILES string of the molecule is COc1ccc(C=C(C#N)S(=O)(=O)c2ccccc2)cc1COc1c(C)cccc1C. The maximum atomic E-state index is 12.8. The van der Waals surface area contributed by atoms with E-state index in [1.807, 2.05) is 38.1 Å². The van der Waals surface area contributed by atoms with Crippen LogP contribution in [0.5, 0.6) is 11.5 Å². The van der Waals surface area contributed by atoms with Crippen LogP contribution in [0, 0.1) is 25.2 Å². The molecule has 0 radical (unpaired) electrons. The first kappa shape index (κ1) is 22.1. The van der Waals surface area contributed by atoms with Crippen molar-refractivity contribution in [3.05, 3.63) is 93.9 Å². The maximum absolute atomic E-state index is 12.8. The Kier molecular flexibility index (Phi) is 6.78. The number of ether oxygens (including phenoxy) is 2. The van der Waals surface area contributed by atoms with Gasteiger partial charge in [-0.2, -0.15) is 5.26 Å². The minimum Gasteiger partial charge on any atom is -0.496 e. The Balaban J connectivity index is 1.95. The van der Waals surface area contributed by atoms with Crippen molar-refractivity contribution in [3.8, 4) is 17.6 Å². The molecule has 0 unspecified atom stereocenters. The van der Waals surface area contributed by atoms with Crippen molar-refractivity contribution in [1.29, 1.82) is 5.26 Å². The van der Waals surface area contributed by atoms with Gasteiger partial charge in [0.05, 0.1) is 12.0 Å². The molecule has 0 aliphatic carbocycles. The van der Waals surface area contributed by atoms with Crippen molar-refractivity contribution in [2.45, 2.75) is 25.3 Å². The van der Waals surface area contributed by atoms with E-state index in [4.69, 9.17) is 9.47 Å². The zero-order valence-electron chi connectivity index (χ0n) is 17.6. The number of sulfone groups is 1. The summed E-state index contributed by atoms with van der Waals surface area (Å²) in [6, 6.07) is 20.9. The number of benzene rings is 3. The van der Waals surface area contributed by atoms with Crippen LogP contribution in [0.25, 0.3) is 6.08 Å². The van der Waals surface area contributed by atoms with E-state index in [1.54, 1.807) is 43.5 Å². The molecule has 3 aromatic carbocycles. The molecule has 0 saturated carbocycles. The monoisotopic (exact) mass is 433 g/mol. The highest BCUT2D eigenvalue weighted by atomic mass is 32.2. The summed E-state index contributed by atoms with van der Waals surface area (Å²) in [6.07, 6.45) is 1.37. The fourth-order valence-corrected chi connectivity index (χ4v) is 4.41. The van der Waals surface area contributed by atoms with Crippen molar-refractivity contribution in [2.75, 3.05) is 7.11 Å². The van der Waals surface area contributed by atoms with Crippen molar-refractivity contribution in [2.24, 2.45) is 0 Å². The summed E-state index contributed by atoms with van der Waals surface area (Å²) in [5.74, 6) is 1.42. The number of methoxy groups -OCH3 is 1. The van der Waals surface area contributed by atoms with Crippen LogP contribution >= 0.6 is 0 Å². The second-order valence-electron chi connectivity index (χ2n) is 7.02. The van der Waals surface area contributed by atoms with Gasteiger partial charge in [0, 0.05) is 5.56 Å². The molecule has 0 amide bonds. The normalized spacial score (nSPS) is 11.6. The molecule has 158 valence electrons. The van der Waals surface area contributed by atoms with Crippen LogP contribution in [0.15, 0.2) is 76.5 Å². The molecule has 0 aromatic heterocycles. The lowest BCUT2D eigenvalue weighted by Gasteiger charge is -2.14. The third-order valence-corrected chi connectivity index (χ3v) is 6.52. The highest BCUT2D eigenvalue weighted by Gasteiger charge is 2.20. The number of nitrogens with zero attached hydrogens (tertiary/aromatic N) is 1. The van der Waals surface area contributed by atoms with Gasteiger partial charge in [0.2, 0.25) is 9.84 Å². The number of para-hydroxylation sites is 1. The lowest BCUT2D eigenvalue weighted by atomic mass is 10.1. The number of rotatable bonds is 7. The Bertz CT molecular complexity index is 1240. The molecular formula is C25H23NO4S. The van der Waals surface area contributed by atoms with Crippen LogP contribution in [0.2, 0.25) is 0 Å². The average molecular weight is 434 g/mol. The Labute approximate surface area is 183 Å². The standard InChI is InChI=1S/C25H23NO4S/c1-18-8-7-9-19(2)25(18)30-17-21-14-20(12-13-24(21)29-3)15-23(16-26)31(27,28)22-10-5-4-6-11-22/h4-15H,17H2,1-3H3. The first-order valence-electron chi connectivity index (χ1n) is 9.64. The third-order valence-electron chi connectivity index (χ3n) is 4.84.